The van der Waals surface area contributed by atoms with Crippen LogP contribution < -0.4 is 11.1 Å². The van der Waals surface area contributed by atoms with Gasteiger partial charge in [-0.25, -0.2) is 9.97 Å². The number of nitrogens with zero attached hydrogens (tertiary/aromatic N) is 2. The van der Waals surface area contributed by atoms with Gasteiger partial charge in [0.1, 0.15) is 12.1 Å². The van der Waals surface area contributed by atoms with Gasteiger partial charge in [-0.15, -0.1) is 0 Å². The molecule has 0 saturated carbocycles. The number of hydrogen-bond acceptors (Lipinski definition) is 5. The molecule has 2 aromatic rings. The highest BCUT2D eigenvalue weighted by atomic mass is 16.3. The van der Waals surface area contributed by atoms with E-state index in [1.165, 1.54) is 6.33 Å². The summed E-state index contributed by atoms with van der Waals surface area (Å²) in [6, 6.07) is 8.89. The van der Waals surface area contributed by atoms with Gasteiger partial charge in [0.05, 0.1) is 6.10 Å². The minimum absolute atomic E-state index is 0.390. The van der Waals surface area contributed by atoms with Crippen LogP contribution in [0.5, 0.6) is 0 Å². The summed E-state index contributed by atoms with van der Waals surface area (Å²) in [6.45, 7) is 0.390. The Balaban J connectivity index is 1.93. The fraction of sp³-hybridized carbons (Fsp3) is 0.167. The molecule has 0 saturated heterocycles. The van der Waals surface area contributed by atoms with Crippen molar-refractivity contribution in [3.63, 3.8) is 0 Å². The Kier molecular flexibility index (Phi) is 3.52. The summed E-state index contributed by atoms with van der Waals surface area (Å²) in [5, 5.41) is 13.0. The molecule has 0 bridgehead atoms. The van der Waals surface area contributed by atoms with Crippen LogP contribution in [0.25, 0.3) is 0 Å². The Morgan fingerprint density at radius 1 is 1.24 bits per heavy atom. The molecule has 0 aliphatic carbocycles. The molecule has 2 rings (SSSR count). The topological polar surface area (TPSA) is 84.1 Å². The molecule has 0 spiro atoms. The molecule has 5 heteroatoms. The van der Waals surface area contributed by atoms with E-state index in [0.717, 1.165) is 5.56 Å². The third-order valence-electron chi connectivity index (χ3n) is 2.38. The van der Waals surface area contributed by atoms with Gasteiger partial charge in [0.2, 0.25) is 0 Å². The predicted octanol–water partition coefficient (Wildman–Crippen LogP) is 1.20. The SMILES string of the molecule is Nc1ccc(C(O)CNc2ccncn2)cc1. The molecule has 1 unspecified atom stereocenters. The Labute approximate surface area is 99.3 Å². The number of nitrogen functional groups attached to an aromatic ring is 1. The molecule has 0 amide bonds. The third-order valence-corrected chi connectivity index (χ3v) is 2.38. The summed E-state index contributed by atoms with van der Waals surface area (Å²) < 4.78 is 0. The molecule has 1 heterocycles. The molecule has 17 heavy (non-hydrogen) atoms. The molecular weight excluding hydrogens is 216 g/mol. The predicted molar refractivity (Wildman–Crippen MR) is 66.3 cm³/mol. The number of anilines is 2. The summed E-state index contributed by atoms with van der Waals surface area (Å²) in [4.78, 5) is 7.82. The van der Waals surface area contributed by atoms with E-state index in [9.17, 15) is 5.11 Å². The van der Waals surface area contributed by atoms with E-state index in [2.05, 4.69) is 15.3 Å². The van der Waals surface area contributed by atoms with Crippen LogP contribution in [0.2, 0.25) is 0 Å². The number of rotatable bonds is 4. The first-order valence-corrected chi connectivity index (χ1v) is 5.29. The van der Waals surface area contributed by atoms with Gasteiger partial charge in [-0.3, -0.25) is 0 Å². The van der Waals surface area contributed by atoms with Crippen LogP contribution in [-0.2, 0) is 0 Å². The Bertz CT molecular complexity index is 458. The fourth-order valence-electron chi connectivity index (χ4n) is 1.43. The number of benzene rings is 1. The van der Waals surface area contributed by atoms with Gasteiger partial charge in [0.15, 0.2) is 0 Å². The van der Waals surface area contributed by atoms with Gasteiger partial charge < -0.3 is 16.2 Å². The number of aliphatic hydroxyl groups excluding tert-OH is 1. The molecule has 88 valence electrons. The second-order valence-corrected chi connectivity index (χ2v) is 3.66. The van der Waals surface area contributed by atoms with Crippen LogP contribution in [0.15, 0.2) is 42.9 Å². The van der Waals surface area contributed by atoms with Crippen molar-refractivity contribution in [1.29, 1.82) is 0 Å². The molecule has 4 N–H and O–H groups in total. The van der Waals surface area contributed by atoms with Crippen molar-refractivity contribution in [2.45, 2.75) is 6.10 Å². The second-order valence-electron chi connectivity index (χ2n) is 3.66. The zero-order chi connectivity index (χ0) is 12.1. The highest BCUT2D eigenvalue weighted by molar-refractivity contribution is 5.40. The smallest absolute Gasteiger partial charge is 0.129 e. The number of aliphatic hydroxyl groups is 1. The average Bonchev–Trinajstić information content (AvgIpc) is 2.38. The van der Waals surface area contributed by atoms with Crippen molar-refractivity contribution in [3.05, 3.63) is 48.4 Å². The van der Waals surface area contributed by atoms with Crippen LogP contribution in [-0.4, -0.2) is 21.6 Å². The molecule has 1 aromatic carbocycles. The molecule has 0 fully saturated rings. The molecule has 0 aliphatic rings. The Morgan fingerprint density at radius 2 is 2.00 bits per heavy atom. The maximum absolute atomic E-state index is 9.93. The van der Waals surface area contributed by atoms with E-state index in [0.29, 0.717) is 18.1 Å². The van der Waals surface area contributed by atoms with Gasteiger partial charge >= 0.3 is 0 Å². The van der Waals surface area contributed by atoms with Crippen molar-refractivity contribution < 1.29 is 5.11 Å². The van der Waals surface area contributed by atoms with Crippen LogP contribution in [0, 0.1) is 0 Å². The van der Waals surface area contributed by atoms with Crippen molar-refractivity contribution >= 4 is 11.5 Å². The molecular formula is C12H14N4O. The lowest BCUT2D eigenvalue weighted by Crippen LogP contribution is -2.12. The van der Waals surface area contributed by atoms with Crippen LogP contribution >= 0.6 is 0 Å². The summed E-state index contributed by atoms with van der Waals surface area (Å²) in [6.07, 6.45) is 2.51. The molecule has 1 atom stereocenters. The van der Waals surface area contributed by atoms with E-state index >= 15 is 0 Å². The standard InChI is InChI=1S/C12H14N4O/c13-10-3-1-9(2-4-10)11(17)7-15-12-5-6-14-8-16-12/h1-6,8,11,17H,7,13H2,(H,14,15,16). The maximum atomic E-state index is 9.93. The number of nitrogens with two attached hydrogens (primary N) is 1. The number of hydrogen-bond donors (Lipinski definition) is 3. The molecule has 5 nitrogen and oxygen atoms in total. The average molecular weight is 230 g/mol. The van der Waals surface area contributed by atoms with Gasteiger partial charge in [0, 0.05) is 18.4 Å². The normalized spacial score (nSPS) is 12.1. The van der Waals surface area contributed by atoms with E-state index in [-0.39, 0.29) is 0 Å². The third kappa shape index (κ3) is 3.15. The van der Waals surface area contributed by atoms with Crippen molar-refractivity contribution in [2.75, 3.05) is 17.6 Å². The zero-order valence-corrected chi connectivity index (χ0v) is 9.24. The number of nitrogens with one attached hydrogen (secondary N) is 1. The largest absolute Gasteiger partial charge is 0.399 e. The molecule has 0 radical (unpaired) electrons. The first-order valence-electron chi connectivity index (χ1n) is 5.29. The van der Waals surface area contributed by atoms with E-state index < -0.39 is 6.10 Å². The summed E-state index contributed by atoms with van der Waals surface area (Å²) in [7, 11) is 0. The monoisotopic (exact) mass is 230 g/mol. The lowest BCUT2D eigenvalue weighted by atomic mass is 10.1. The quantitative estimate of drug-likeness (QED) is 0.687. The second kappa shape index (κ2) is 5.27. The summed E-state index contributed by atoms with van der Waals surface area (Å²) in [5.41, 5.74) is 7.08. The molecule has 0 aliphatic heterocycles. The van der Waals surface area contributed by atoms with E-state index in [4.69, 9.17) is 5.73 Å². The maximum Gasteiger partial charge on any atom is 0.129 e. The lowest BCUT2D eigenvalue weighted by molar-refractivity contribution is 0.191. The van der Waals surface area contributed by atoms with Crippen molar-refractivity contribution in [2.24, 2.45) is 0 Å². The molecule has 1 aromatic heterocycles. The summed E-state index contributed by atoms with van der Waals surface area (Å²) in [5.74, 6) is 0.689. The zero-order valence-electron chi connectivity index (χ0n) is 9.24. The number of aromatic nitrogens is 2. The van der Waals surface area contributed by atoms with E-state index in [1.807, 2.05) is 12.1 Å². The van der Waals surface area contributed by atoms with Crippen LogP contribution in [0.1, 0.15) is 11.7 Å². The highest BCUT2D eigenvalue weighted by Crippen LogP contribution is 2.15. The fourth-order valence-corrected chi connectivity index (χ4v) is 1.43. The van der Waals surface area contributed by atoms with Gasteiger partial charge in [-0.1, -0.05) is 12.1 Å². The first-order chi connectivity index (χ1) is 8.25. The van der Waals surface area contributed by atoms with Gasteiger partial charge in [0.25, 0.3) is 0 Å². The Morgan fingerprint density at radius 3 is 2.65 bits per heavy atom. The lowest BCUT2D eigenvalue weighted by Gasteiger charge is -2.12. The van der Waals surface area contributed by atoms with E-state index in [1.54, 1.807) is 24.4 Å². The first kappa shape index (κ1) is 11.3. The van der Waals surface area contributed by atoms with Gasteiger partial charge in [-0.2, -0.15) is 0 Å². The van der Waals surface area contributed by atoms with Crippen LogP contribution in [0.4, 0.5) is 11.5 Å². The minimum Gasteiger partial charge on any atom is -0.399 e. The van der Waals surface area contributed by atoms with Gasteiger partial charge in [-0.05, 0) is 23.8 Å². The highest BCUT2D eigenvalue weighted by Gasteiger charge is 2.06. The van der Waals surface area contributed by atoms with Crippen molar-refractivity contribution in [3.8, 4) is 0 Å². The van der Waals surface area contributed by atoms with Crippen molar-refractivity contribution in [1.82, 2.24) is 9.97 Å². The van der Waals surface area contributed by atoms with Crippen LogP contribution in [0.3, 0.4) is 0 Å². The Hall–Kier alpha value is -2.14. The summed E-state index contributed by atoms with van der Waals surface area (Å²) >= 11 is 0. The minimum atomic E-state index is -0.592.